The molecule has 0 saturated carbocycles. The molecule has 9 aromatic carbocycles. The topological polar surface area (TPSA) is 3.24 Å². The fourth-order valence-corrected chi connectivity index (χ4v) is 11.1. The van der Waals surface area contributed by atoms with Crippen LogP contribution in [-0.2, 0) is 16.2 Å². The molecular formula is C58H49N. The number of hydrogen-bond donors (Lipinski definition) is 0. The van der Waals surface area contributed by atoms with Gasteiger partial charge in [0.05, 0.1) is 11.4 Å². The van der Waals surface area contributed by atoms with Gasteiger partial charge in [-0.3, -0.25) is 0 Å². The third-order valence-electron chi connectivity index (χ3n) is 13.7. The Morgan fingerprint density at radius 1 is 0.390 bits per heavy atom. The number of fused-ring (bicyclic) bond motifs is 10. The van der Waals surface area contributed by atoms with E-state index in [4.69, 9.17) is 0 Å². The van der Waals surface area contributed by atoms with Crippen LogP contribution in [0.4, 0.5) is 17.1 Å². The minimum absolute atomic E-state index is 0.0199. The van der Waals surface area contributed by atoms with Gasteiger partial charge in [-0.15, -0.1) is 0 Å². The van der Waals surface area contributed by atoms with E-state index in [2.05, 4.69) is 223 Å². The van der Waals surface area contributed by atoms with Crippen LogP contribution in [0.1, 0.15) is 76.3 Å². The lowest BCUT2D eigenvalue weighted by Crippen LogP contribution is -2.18. The van der Waals surface area contributed by atoms with Gasteiger partial charge in [0.25, 0.3) is 0 Å². The summed E-state index contributed by atoms with van der Waals surface area (Å²) in [5.41, 5.74) is 17.9. The van der Waals surface area contributed by atoms with Gasteiger partial charge in [-0.2, -0.15) is 0 Å². The Morgan fingerprint density at radius 2 is 0.949 bits per heavy atom. The summed E-state index contributed by atoms with van der Waals surface area (Å²) in [7, 11) is 0. The summed E-state index contributed by atoms with van der Waals surface area (Å²) in [6.07, 6.45) is 0. The summed E-state index contributed by atoms with van der Waals surface area (Å²) in [6, 6.07) is 64.3. The summed E-state index contributed by atoms with van der Waals surface area (Å²) in [5, 5.41) is 7.66. The minimum atomic E-state index is -0.186. The Kier molecular flexibility index (Phi) is 7.58. The summed E-state index contributed by atoms with van der Waals surface area (Å²) in [6.45, 7) is 16.6. The predicted octanol–water partition coefficient (Wildman–Crippen LogP) is 16.2. The van der Waals surface area contributed by atoms with Crippen LogP contribution < -0.4 is 4.90 Å². The average Bonchev–Trinajstić information content (AvgIpc) is 3.63. The van der Waals surface area contributed by atoms with Crippen molar-refractivity contribution in [2.75, 3.05) is 4.90 Å². The molecule has 0 aliphatic heterocycles. The number of anilines is 3. The number of rotatable bonds is 4. The van der Waals surface area contributed by atoms with Crippen molar-refractivity contribution in [2.24, 2.45) is 0 Å². The van der Waals surface area contributed by atoms with Crippen LogP contribution in [-0.4, -0.2) is 0 Å². The zero-order chi connectivity index (χ0) is 40.4. The largest absolute Gasteiger partial charge is 0.309 e. The minimum Gasteiger partial charge on any atom is -0.309 e. The molecule has 1 nitrogen and oxygen atoms in total. The summed E-state index contributed by atoms with van der Waals surface area (Å²) < 4.78 is 0. The van der Waals surface area contributed by atoms with Crippen molar-refractivity contribution in [2.45, 2.75) is 64.7 Å². The van der Waals surface area contributed by atoms with E-state index in [0.29, 0.717) is 0 Å². The molecule has 0 saturated heterocycles. The van der Waals surface area contributed by atoms with Gasteiger partial charge >= 0.3 is 0 Å². The first kappa shape index (κ1) is 35.7. The lowest BCUT2D eigenvalue weighted by Gasteiger charge is -2.33. The molecule has 0 bridgehead atoms. The van der Waals surface area contributed by atoms with Gasteiger partial charge in [-0.25, -0.2) is 0 Å². The highest BCUT2D eigenvalue weighted by atomic mass is 15.1. The van der Waals surface area contributed by atoms with Gasteiger partial charge in [0, 0.05) is 27.5 Å². The van der Waals surface area contributed by atoms with Crippen molar-refractivity contribution >= 4 is 49.4 Å². The van der Waals surface area contributed by atoms with Crippen molar-refractivity contribution in [1.29, 1.82) is 0 Å². The quantitative estimate of drug-likeness (QED) is 0.173. The van der Waals surface area contributed by atoms with E-state index in [0.717, 1.165) is 5.69 Å². The maximum Gasteiger partial charge on any atom is 0.0546 e. The molecule has 1 heteroatoms. The SMILES string of the molecule is CC(C)(C)c1ccc(N(c2ccc3c(c2)-c2ccc4ccccc4c2C3(C)C)c2ccc3ccccc3c2-c2cccc3c2C(C)(C)c2ccccc2-3)c2ccccc12. The third-order valence-corrected chi connectivity index (χ3v) is 13.7. The molecule has 0 unspecified atom stereocenters. The van der Waals surface area contributed by atoms with Gasteiger partial charge in [0.15, 0.2) is 0 Å². The van der Waals surface area contributed by atoms with Crippen LogP contribution in [0.25, 0.3) is 65.7 Å². The molecule has 59 heavy (non-hydrogen) atoms. The van der Waals surface area contributed by atoms with E-state index in [-0.39, 0.29) is 16.2 Å². The van der Waals surface area contributed by atoms with Crippen molar-refractivity contribution < 1.29 is 0 Å². The normalized spacial score (nSPS) is 14.6. The Balaban J connectivity index is 1.25. The molecule has 11 rings (SSSR count). The van der Waals surface area contributed by atoms with Gasteiger partial charge in [-0.05, 0) is 112 Å². The molecule has 0 radical (unpaired) electrons. The Bertz CT molecular complexity index is 3210. The van der Waals surface area contributed by atoms with Crippen molar-refractivity contribution in [3.05, 3.63) is 198 Å². The molecule has 286 valence electrons. The van der Waals surface area contributed by atoms with Crippen LogP contribution in [0.2, 0.25) is 0 Å². The van der Waals surface area contributed by atoms with Crippen LogP contribution in [0.5, 0.6) is 0 Å². The van der Waals surface area contributed by atoms with E-state index >= 15 is 0 Å². The van der Waals surface area contributed by atoms with Gasteiger partial charge in [0.1, 0.15) is 0 Å². The average molecular weight is 760 g/mol. The second-order valence-electron chi connectivity index (χ2n) is 18.9. The second kappa shape index (κ2) is 12.5. The van der Waals surface area contributed by atoms with Crippen molar-refractivity contribution in [1.82, 2.24) is 0 Å². The molecule has 0 aromatic heterocycles. The van der Waals surface area contributed by atoms with Gasteiger partial charge in [0.2, 0.25) is 0 Å². The van der Waals surface area contributed by atoms with Gasteiger partial charge < -0.3 is 4.90 Å². The first-order valence-corrected chi connectivity index (χ1v) is 21.2. The number of benzene rings is 9. The zero-order valence-electron chi connectivity index (χ0n) is 35.1. The standard InChI is InChI=1S/C58H49N/c1-56(2,3)48-32-34-51(43-23-13-12-21-41(43)48)59(38-29-31-50-47(35-38)45-30-27-37-18-9-11-20-40(37)54(45)58(50,6)7)52-33-28-36-17-8-10-19-39(36)53(52)46-25-16-24-44-42-22-14-15-26-49(42)57(4,5)55(44)46/h8-35H,1-7H3. The first-order chi connectivity index (χ1) is 28.4. The fourth-order valence-electron chi connectivity index (χ4n) is 11.1. The molecule has 0 N–H and O–H groups in total. The van der Waals surface area contributed by atoms with E-state index in [1.807, 2.05) is 0 Å². The molecule has 0 fully saturated rings. The molecule has 9 aromatic rings. The molecule has 2 aliphatic rings. The smallest absolute Gasteiger partial charge is 0.0546 e. The van der Waals surface area contributed by atoms with Crippen LogP contribution in [0.3, 0.4) is 0 Å². The van der Waals surface area contributed by atoms with E-state index < -0.39 is 0 Å². The number of hydrogen-bond acceptors (Lipinski definition) is 1. The molecule has 0 spiro atoms. The van der Waals surface area contributed by atoms with E-state index in [1.54, 1.807) is 0 Å². The third kappa shape index (κ3) is 5.10. The highest BCUT2D eigenvalue weighted by Crippen LogP contribution is 2.57. The molecule has 0 amide bonds. The Morgan fingerprint density at radius 3 is 1.73 bits per heavy atom. The maximum absolute atomic E-state index is 2.58. The zero-order valence-corrected chi connectivity index (χ0v) is 35.1. The highest BCUT2D eigenvalue weighted by Gasteiger charge is 2.40. The first-order valence-electron chi connectivity index (χ1n) is 21.2. The lowest BCUT2D eigenvalue weighted by atomic mass is 9.78. The van der Waals surface area contributed by atoms with Crippen molar-refractivity contribution in [3.63, 3.8) is 0 Å². The summed E-state index contributed by atoms with van der Waals surface area (Å²) in [5.74, 6) is 0. The van der Waals surface area contributed by atoms with E-state index in [1.165, 1.54) is 105 Å². The monoisotopic (exact) mass is 759 g/mol. The van der Waals surface area contributed by atoms with Crippen LogP contribution in [0, 0.1) is 0 Å². The lowest BCUT2D eigenvalue weighted by molar-refractivity contribution is 0.596. The second-order valence-corrected chi connectivity index (χ2v) is 18.9. The Labute approximate surface area is 348 Å². The summed E-state index contributed by atoms with van der Waals surface area (Å²) in [4.78, 5) is 2.58. The van der Waals surface area contributed by atoms with Crippen LogP contribution >= 0.6 is 0 Å². The predicted molar refractivity (Wildman–Crippen MR) is 253 cm³/mol. The van der Waals surface area contributed by atoms with Gasteiger partial charge in [-0.1, -0.05) is 194 Å². The van der Waals surface area contributed by atoms with Crippen LogP contribution in [0.15, 0.2) is 170 Å². The van der Waals surface area contributed by atoms with Crippen molar-refractivity contribution in [3.8, 4) is 33.4 Å². The summed E-state index contributed by atoms with van der Waals surface area (Å²) >= 11 is 0. The highest BCUT2D eigenvalue weighted by molar-refractivity contribution is 6.10. The Hall–Kier alpha value is -6.44. The molecule has 0 atom stereocenters. The maximum atomic E-state index is 2.58. The molecule has 2 aliphatic carbocycles. The van der Waals surface area contributed by atoms with E-state index in [9.17, 15) is 0 Å². The molecule has 0 heterocycles. The molecular weight excluding hydrogens is 711 g/mol. The fraction of sp³-hybridized carbons (Fsp3) is 0.172. The number of nitrogens with zero attached hydrogens (tertiary/aromatic N) is 1.